The van der Waals surface area contributed by atoms with Crippen LogP contribution in [0.2, 0.25) is 0 Å². The highest BCUT2D eigenvalue weighted by Crippen LogP contribution is 2.07. The van der Waals surface area contributed by atoms with Crippen molar-refractivity contribution >= 4 is 5.97 Å². The molecular formula is C15H29NO5. The average molecular weight is 303 g/mol. The van der Waals surface area contributed by atoms with Gasteiger partial charge in [0.15, 0.2) is 0 Å². The molecular weight excluding hydrogens is 274 g/mol. The summed E-state index contributed by atoms with van der Waals surface area (Å²) in [6, 6.07) is 0. The Bertz CT molecular complexity index is 284. The first kappa shape index (κ1) is 18.4. The first-order chi connectivity index (χ1) is 9.97. The number of nitrogens with one attached hydrogen (secondary N) is 1. The van der Waals surface area contributed by atoms with Crippen molar-refractivity contribution in [1.82, 2.24) is 5.32 Å². The van der Waals surface area contributed by atoms with Gasteiger partial charge in [-0.25, -0.2) is 4.79 Å². The molecule has 0 atom stereocenters. The van der Waals surface area contributed by atoms with Crippen molar-refractivity contribution in [2.24, 2.45) is 0 Å². The maximum atomic E-state index is 11.4. The zero-order chi connectivity index (χ0) is 15.6. The van der Waals surface area contributed by atoms with Crippen molar-refractivity contribution in [2.75, 3.05) is 46.1 Å². The number of carbonyl (C=O) groups excluding carboxylic acids is 1. The maximum Gasteiger partial charge on any atom is 0.332 e. The molecule has 1 heterocycles. The molecule has 0 aromatic carbocycles. The molecule has 1 saturated heterocycles. The van der Waals surface area contributed by atoms with Gasteiger partial charge in [-0.3, -0.25) is 0 Å². The first-order valence-electron chi connectivity index (χ1n) is 7.67. The molecule has 1 aliphatic heterocycles. The average Bonchev–Trinajstić information content (AvgIpc) is 2.41. The minimum Gasteiger partial charge on any atom is -0.458 e. The van der Waals surface area contributed by atoms with E-state index in [-0.39, 0.29) is 12.6 Å². The highest BCUT2D eigenvalue weighted by atomic mass is 16.6. The molecule has 1 fully saturated rings. The van der Waals surface area contributed by atoms with Gasteiger partial charge < -0.3 is 24.3 Å². The predicted molar refractivity (Wildman–Crippen MR) is 79.3 cm³/mol. The van der Waals surface area contributed by atoms with Crippen LogP contribution in [0.25, 0.3) is 0 Å². The number of hydrogen-bond donors (Lipinski definition) is 1. The lowest BCUT2D eigenvalue weighted by molar-refractivity contribution is -0.160. The molecule has 0 aromatic rings. The molecule has 1 rings (SSSR count). The maximum absolute atomic E-state index is 11.4. The minimum atomic E-state index is -0.469. The van der Waals surface area contributed by atoms with E-state index in [2.05, 4.69) is 5.32 Å². The Morgan fingerprint density at radius 2 is 1.67 bits per heavy atom. The van der Waals surface area contributed by atoms with Crippen molar-refractivity contribution < 1.29 is 23.7 Å². The summed E-state index contributed by atoms with van der Waals surface area (Å²) >= 11 is 0. The summed E-state index contributed by atoms with van der Waals surface area (Å²) in [6.07, 6.45) is 2.50. The predicted octanol–water partition coefficient (Wildman–Crippen LogP) is 1.13. The smallest absolute Gasteiger partial charge is 0.332 e. The van der Waals surface area contributed by atoms with Crippen LogP contribution in [-0.4, -0.2) is 63.8 Å². The molecule has 21 heavy (non-hydrogen) atoms. The fourth-order valence-electron chi connectivity index (χ4n) is 1.98. The van der Waals surface area contributed by atoms with E-state index in [9.17, 15) is 4.79 Å². The Labute approximate surface area is 127 Å². The van der Waals surface area contributed by atoms with Gasteiger partial charge in [0.25, 0.3) is 0 Å². The van der Waals surface area contributed by atoms with E-state index in [0.717, 1.165) is 25.9 Å². The third-order valence-electron chi connectivity index (χ3n) is 2.88. The minimum absolute atomic E-state index is 0.0355. The third-order valence-corrected chi connectivity index (χ3v) is 2.88. The van der Waals surface area contributed by atoms with Crippen LogP contribution in [0.4, 0.5) is 0 Å². The highest BCUT2D eigenvalue weighted by Gasteiger charge is 2.16. The van der Waals surface area contributed by atoms with Gasteiger partial charge in [-0.1, -0.05) is 0 Å². The van der Waals surface area contributed by atoms with Crippen LogP contribution < -0.4 is 5.32 Å². The molecule has 124 valence electrons. The summed E-state index contributed by atoms with van der Waals surface area (Å²) in [5, 5.41) is 3.30. The number of ether oxygens (including phenoxy) is 4. The van der Waals surface area contributed by atoms with Crippen molar-refractivity contribution in [2.45, 2.75) is 45.3 Å². The summed E-state index contributed by atoms with van der Waals surface area (Å²) < 4.78 is 21.4. The lowest BCUT2D eigenvalue weighted by Gasteiger charge is -2.22. The van der Waals surface area contributed by atoms with Crippen molar-refractivity contribution in [1.29, 1.82) is 0 Å². The van der Waals surface area contributed by atoms with E-state index >= 15 is 0 Å². The molecule has 1 N–H and O–H groups in total. The lowest BCUT2D eigenvalue weighted by atomic mass is 10.1. The largest absolute Gasteiger partial charge is 0.458 e. The normalized spacial score (nSPS) is 16.9. The summed E-state index contributed by atoms with van der Waals surface area (Å²) in [6.45, 7) is 9.52. The molecule has 0 spiro atoms. The van der Waals surface area contributed by atoms with Crippen LogP contribution in [0.5, 0.6) is 0 Å². The fraction of sp³-hybridized carbons (Fsp3) is 0.933. The van der Waals surface area contributed by atoms with Gasteiger partial charge in [-0.05, 0) is 46.7 Å². The van der Waals surface area contributed by atoms with Crippen LogP contribution in [0.1, 0.15) is 33.6 Å². The Kier molecular flexibility index (Phi) is 8.84. The lowest BCUT2D eigenvalue weighted by Crippen LogP contribution is -2.33. The monoisotopic (exact) mass is 303 g/mol. The van der Waals surface area contributed by atoms with Gasteiger partial charge in [-0.2, -0.15) is 0 Å². The van der Waals surface area contributed by atoms with Gasteiger partial charge in [0.2, 0.25) is 0 Å². The molecule has 6 nitrogen and oxygen atoms in total. The Morgan fingerprint density at radius 3 is 2.33 bits per heavy atom. The van der Waals surface area contributed by atoms with Crippen LogP contribution in [0, 0.1) is 0 Å². The number of esters is 1. The van der Waals surface area contributed by atoms with E-state index in [0.29, 0.717) is 32.5 Å². The molecule has 0 aromatic heterocycles. The summed E-state index contributed by atoms with van der Waals surface area (Å²) in [5.74, 6) is -0.350. The number of carbonyl (C=O) groups is 1. The summed E-state index contributed by atoms with van der Waals surface area (Å²) in [7, 11) is 0. The SMILES string of the molecule is CC(C)(C)OC(=O)COCCOCCOC1CCNCC1. The van der Waals surface area contributed by atoms with E-state index in [4.69, 9.17) is 18.9 Å². The zero-order valence-electron chi connectivity index (χ0n) is 13.5. The van der Waals surface area contributed by atoms with Gasteiger partial charge >= 0.3 is 5.97 Å². The topological polar surface area (TPSA) is 66.0 Å². The van der Waals surface area contributed by atoms with E-state index < -0.39 is 5.60 Å². The second kappa shape index (κ2) is 10.1. The molecule has 0 amide bonds. The van der Waals surface area contributed by atoms with Crippen molar-refractivity contribution in [3.05, 3.63) is 0 Å². The number of rotatable bonds is 9. The molecule has 0 aliphatic carbocycles. The van der Waals surface area contributed by atoms with Crippen LogP contribution in [0.15, 0.2) is 0 Å². The molecule has 0 unspecified atom stereocenters. The first-order valence-corrected chi connectivity index (χ1v) is 7.67. The second-order valence-electron chi connectivity index (χ2n) is 6.07. The van der Waals surface area contributed by atoms with Crippen molar-refractivity contribution in [3.8, 4) is 0 Å². The van der Waals surface area contributed by atoms with Gasteiger partial charge in [0.1, 0.15) is 12.2 Å². The van der Waals surface area contributed by atoms with E-state index in [1.807, 2.05) is 20.8 Å². The highest BCUT2D eigenvalue weighted by molar-refractivity contribution is 5.71. The molecule has 0 radical (unpaired) electrons. The van der Waals surface area contributed by atoms with Crippen LogP contribution >= 0.6 is 0 Å². The third kappa shape index (κ3) is 10.6. The van der Waals surface area contributed by atoms with E-state index in [1.165, 1.54) is 0 Å². The quantitative estimate of drug-likeness (QED) is 0.509. The summed E-state index contributed by atoms with van der Waals surface area (Å²) in [4.78, 5) is 11.4. The van der Waals surface area contributed by atoms with Crippen LogP contribution in [0.3, 0.4) is 0 Å². The standard InChI is InChI=1S/C15H29NO5/c1-15(2,3)21-14(17)12-19-9-8-18-10-11-20-13-4-6-16-7-5-13/h13,16H,4-12H2,1-3H3. The van der Waals surface area contributed by atoms with Gasteiger partial charge in [0, 0.05) is 0 Å². The van der Waals surface area contributed by atoms with E-state index in [1.54, 1.807) is 0 Å². The van der Waals surface area contributed by atoms with Crippen molar-refractivity contribution in [3.63, 3.8) is 0 Å². The molecule has 1 aliphatic rings. The van der Waals surface area contributed by atoms with Gasteiger partial charge in [-0.15, -0.1) is 0 Å². The molecule has 0 saturated carbocycles. The number of hydrogen-bond acceptors (Lipinski definition) is 6. The van der Waals surface area contributed by atoms with Crippen LogP contribution in [-0.2, 0) is 23.7 Å². The zero-order valence-corrected chi connectivity index (χ0v) is 13.5. The van der Waals surface area contributed by atoms with Gasteiger partial charge in [0.05, 0.1) is 32.5 Å². The molecule has 6 heteroatoms. The summed E-state index contributed by atoms with van der Waals surface area (Å²) in [5.41, 5.74) is -0.469. The molecule has 0 bridgehead atoms. The Morgan fingerprint density at radius 1 is 1.05 bits per heavy atom. The fourth-order valence-corrected chi connectivity index (χ4v) is 1.98. The number of piperidine rings is 1. The Hall–Kier alpha value is -0.690. The second-order valence-corrected chi connectivity index (χ2v) is 6.07. The Balaban J connectivity index is 1.85.